The van der Waals surface area contributed by atoms with E-state index in [9.17, 15) is 9.59 Å². The highest BCUT2D eigenvalue weighted by molar-refractivity contribution is 7.99. The van der Waals surface area contributed by atoms with Gasteiger partial charge in [0.05, 0.1) is 18.6 Å². The van der Waals surface area contributed by atoms with E-state index < -0.39 is 5.91 Å². The molecule has 0 atom stereocenters. The van der Waals surface area contributed by atoms with Gasteiger partial charge >= 0.3 is 0 Å². The molecule has 4 rings (SSSR count). The maximum atomic E-state index is 13.2. The van der Waals surface area contributed by atoms with E-state index in [0.717, 1.165) is 22.8 Å². The molecule has 2 N–H and O–H groups in total. The summed E-state index contributed by atoms with van der Waals surface area (Å²) in [6, 6.07) is 13.8. The maximum absolute atomic E-state index is 13.2. The fourth-order valence-corrected chi connectivity index (χ4v) is 4.75. The summed E-state index contributed by atoms with van der Waals surface area (Å²) in [5.41, 5.74) is 10.1. The predicted octanol–water partition coefficient (Wildman–Crippen LogP) is 4.03. The van der Waals surface area contributed by atoms with Crippen LogP contribution in [0.15, 0.2) is 58.3 Å². The summed E-state index contributed by atoms with van der Waals surface area (Å²) in [6.45, 7) is 6.43. The third kappa shape index (κ3) is 5.14. The number of furan rings is 1. The highest BCUT2D eigenvalue weighted by Gasteiger charge is 2.20. The monoisotopic (exact) mass is 477 g/mol. The number of carbonyl (C=O) groups excluding carboxylic acids is 2. The number of thioether (sulfide) groups is 1. The van der Waals surface area contributed by atoms with Crippen molar-refractivity contribution in [1.29, 1.82) is 0 Å². The van der Waals surface area contributed by atoms with Crippen LogP contribution < -0.4 is 5.73 Å². The van der Waals surface area contributed by atoms with Crippen molar-refractivity contribution < 1.29 is 14.0 Å². The van der Waals surface area contributed by atoms with E-state index in [2.05, 4.69) is 46.0 Å². The molecule has 0 saturated heterocycles. The van der Waals surface area contributed by atoms with Gasteiger partial charge in [-0.3, -0.25) is 14.2 Å². The quantitative estimate of drug-likeness (QED) is 0.273. The number of amides is 1. The van der Waals surface area contributed by atoms with Gasteiger partial charge in [-0.1, -0.05) is 29.5 Å². The van der Waals surface area contributed by atoms with Crippen molar-refractivity contribution in [3.63, 3.8) is 0 Å². The number of hydrogen-bond acceptors (Lipinski definition) is 6. The molecule has 1 amide bonds. The summed E-state index contributed by atoms with van der Waals surface area (Å²) in [6.07, 6.45) is 2.14. The molecule has 0 aliphatic carbocycles. The largest absolute Gasteiger partial charge is 0.467 e. The van der Waals surface area contributed by atoms with Crippen LogP contribution in [0.5, 0.6) is 0 Å². The van der Waals surface area contributed by atoms with E-state index in [4.69, 9.17) is 10.2 Å². The van der Waals surface area contributed by atoms with Gasteiger partial charge in [0.1, 0.15) is 11.6 Å². The Balaban J connectivity index is 1.53. The first-order valence-electron chi connectivity index (χ1n) is 11.0. The molecule has 8 nitrogen and oxygen atoms in total. The minimum absolute atomic E-state index is 0.0164. The van der Waals surface area contributed by atoms with Crippen LogP contribution in [0.1, 0.15) is 45.3 Å². The molecule has 3 aromatic heterocycles. The van der Waals surface area contributed by atoms with E-state index in [1.165, 1.54) is 17.3 Å². The van der Waals surface area contributed by atoms with Gasteiger partial charge in [0.25, 0.3) is 0 Å². The van der Waals surface area contributed by atoms with Gasteiger partial charge in [0.2, 0.25) is 5.91 Å². The second-order valence-electron chi connectivity index (χ2n) is 8.20. The molecular weight excluding hydrogens is 450 g/mol. The molecule has 0 aliphatic rings. The lowest BCUT2D eigenvalue weighted by Gasteiger charge is -2.10. The number of nitrogens with zero attached hydrogens (tertiary/aromatic N) is 4. The Labute approximate surface area is 202 Å². The van der Waals surface area contributed by atoms with Crippen molar-refractivity contribution >= 4 is 23.5 Å². The van der Waals surface area contributed by atoms with Gasteiger partial charge in [0, 0.05) is 35.5 Å². The molecule has 0 unspecified atom stereocenters. The zero-order chi connectivity index (χ0) is 24.2. The Morgan fingerprint density at radius 3 is 2.53 bits per heavy atom. The van der Waals surface area contributed by atoms with Crippen LogP contribution in [0, 0.1) is 20.8 Å². The van der Waals surface area contributed by atoms with Gasteiger partial charge in [-0.2, -0.15) is 0 Å². The lowest BCUT2D eigenvalue weighted by atomic mass is 10.2. The van der Waals surface area contributed by atoms with Crippen LogP contribution in [-0.2, 0) is 17.8 Å². The molecule has 0 spiro atoms. The van der Waals surface area contributed by atoms with Crippen molar-refractivity contribution in [3.8, 4) is 5.69 Å². The predicted molar refractivity (Wildman–Crippen MR) is 130 cm³/mol. The smallest absolute Gasteiger partial charge is 0.217 e. The number of carbonyl (C=O) groups is 2. The van der Waals surface area contributed by atoms with Gasteiger partial charge in [-0.15, -0.1) is 10.2 Å². The molecule has 0 saturated carbocycles. The summed E-state index contributed by atoms with van der Waals surface area (Å²) < 4.78 is 9.44. The molecule has 0 fully saturated rings. The number of Topliss-reactive ketones (excluding diaryl/α,β-unsaturated/α-hetero) is 1. The topological polar surface area (TPSA) is 109 Å². The van der Waals surface area contributed by atoms with Crippen LogP contribution in [0.25, 0.3) is 5.69 Å². The summed E-state index contributed by atoms with van der Waals surface area (Å²) in [5.74, 6) is 1.19. The highest BCUT2D eigenvalue weighted by Crippen LogP contribution is 2.25. The Bertz CT molecular complexity index is 1300. The summed E-state index contributed by atoms with van der Waals surface area (Å²) in [7, 11) is 0. The number of nitrogens with two attached hydrogens (primary N) is 1. The number of benzene rings is 1. The zero-order valence-corrected chi connectivity index (χ0v) is 20.3. The molecule has 34 heavy (non-hydrogen) atoms. The van der Waals surface area contributed by atoms with E-state index in [-0.39, 0.29) is 18.0 Å². The van der Waals surface area contributed by atoms with Gasteiger partial charge in [-0.05, 0) is 51.1 Å². The Morgan fingerprint density at radius 2 is 1.85 bits per heavy atom. The normalized spacial score (nSPS) is 11.1. The minimum atomic E-state index is -0.402. The van der Waals surface area contributed by atoms with Crippen LogP contribution in [-0.4, -0.2) is 36.8 Å². The van der Waals surface area contributed by atoms with Crippen LogP contribution >= 0.6 is 11.8 Å². The van der Waals surface area contributed by atoms with E-state index in [1.807, 2.05) is 36.6 Å². The fraction of sp³-hybridized carbons (Fsp3) is 0.280. The summed E-state index contributed by atoms with van der Waals surface area (Å²) in [5, 5.41) is 9.09. The SMILES string of the molecule is Cc1ccc(-n2c(C)cc(C(=O)CSc3nnc(CCC(N)=O)n3Cc3ccco3)c2C)cc1. The zero-order valence-electron chi connectivity index (χ0n) is 19.4. The average molecular weight is 478 g/mol. The lowest BCUT2D eigenvalue weighted by molar-refractivity contribution is -0.118. The van der Waals surface area contributed by atoms with Crippen LogP contribution in [0.4, 0.5) is 0 Å². The third-order valence-electron chi connectivity index (χ3n) is 5.64. The molecule has 176 valence electrons. The molecular formula is C25H27N5O3S. The van der Waals surface area contributed by atoms with Crippen molar-refractivity contribution in [3.05, 3.63) is 82.8 Å². The van der Waals surface area contributed by atoms with Crippen molar-refractivity contribution in [2.24, 2.45) is 5.73 Å². The van der Waals surface area contributed by atoms with E-state index in [0.29, 0.717) is 29.5 Å². The second kappa shape index (κ2) is 10.1. The number of ketones is 1. The number of aryl methyl sites for hydroxylation is 3. The molecule has 0 aliphatic heterocycles. The molecule has 1 aromatic carbocycles. The molecule has 3 heterocycles. The molecule has 9 heteroatoms. The van der Waals surface area contributed by atoms with Gasteiger partial charge in [-0.25, -0.2) is 0 Å². The second-order valence-corrected chi connectivity index (χ2v) is 9.14. The standard InChI is InChI=1S/C25H27N5O3S/c1-16-6-8-19(9-7-16)30-17(2)13-21(18(30)3)22(31)15-34-25-28-27-24(11-10-23(26)32)29(25)14-20-5-4-12-33-20/h4-9,12-13H,10-11,14-15H2,1-3H3,(H2,26,32). The first-order valence-corrected chi connectivity index (χ1v) is 12.0. The molecule has 4 aromatic rings. The molecule has 0 bridgehead atoms. The Kier molecular flexibility index (Phi) is 7.02. The lowest BCUT2D eigenvalue weighted by Crippen LogP contribution is -2.14. The number of primary amides is 1. The van der Waals surface area contributed by atoms with Gasteiger partial charge < -0.3 is 14.7 Å². The maximum Gasteiger partial charge on any atom is 0.217 e. The minimum Gasteiger partial charge on any atom is -0.467 e. The van der Waals surface area contributed by atoms with Gasteiger partial charge in [0.15, 0.2) is 10.9 Å². The van der Waals surface area contributed by atoms with Crippen molar-refractivity contribution in [1.82, 2.24) is 19.3 Å². The van der Waals surface area contributed by atoms with Crippen LogP contribution in [0.2, 0.25) is 0 Å². The number of hydrogen-bond donors (Lipinski definition) is 1. The number of aromatic nitrogens is 4. The first kappa shape index (κ1) is 23.6. The molecule has 0 radical (unpaired) electrons. The first-order chi connectivity index (χ1) is 16.3. The van der Waals surface area contributed by atoms with E-state index in [1.54, 1.807) is 6.26 Å². The van der Waals surface area contributed by atoms with Crippen molar-refractivity contribution in [2.75, 3.05) is 5.75 Å². The fourth-order valence-electron chi connectivity index (χ4n) is 3.91. The number of rotatable bonds is 10. The highest BCUT2D eigenvalue weighted by atomic mass is 32.2. The Morgan fingerprint density at radius 1 is 1.09 bits per heavy atom. The Hall–Kier alpha value is -3.59. The van der Waals surface area contributed by atoms with Crippen LogP contribution in [0.3, 0.4) is 0 Å². The average Bonchev–Trinajstić information content (AvgIpc) is 3.52. The van der Waals surface area contributed by atoms with E-state index >= 15 is 0 Å². The third-order valence-corrected chi connectivity index (χ3v) is 6.61. The summed E-state index contributed by atoms with van der Waals surface area (Å²) in [4.78, 5) is 24.4. The van der Waals surface area contributed by atoms with Crippen molar-refractivity contribution in [2.45, 2.75) is 45.3 Å². The summed E-state index contributed by atoms with van der Waals surface area (Å²) >= 11 is 1.32.